The number of aliphatic hydroxyl groups excluding tert-OH is 2. The lowest BCUT2D eigenvalue weighted by Crippen LogP contribution is -2.53. The maximum atomic E-state index is 12.6. The summed E-state index contributed by atoms with van der Waals surface area (Å²) in [6, 6.07) is 10.2. The number of rotatable bonds is 11. The van der Waals surface area contributed by atoms with Crippen LogP contribution in [0.1, 0.15) is 57.4 Å². The zero-order valence-electron chi connectivity index (χ0n) is 23.6. The van der Waals surface area contributed by atoms with E-state index in [1.54, 1.807) is 16.8 Å². The molecule has 0 radical (unpaired) electrons. The largest absolute Gasteiger partial charge is 0.397 e. The first kappa shape index (κ1) is 28.6. The van der Waals surface area contributed by atoms with Crippen LogP contribution in [-0.4, -0.2) is 86.1 Å². The number of nitrogens with two attached hydrogens (primary N) is 1. The topological polar surface area (TPSA) is 136 Å². The van der Waals surface area contributed by atoms with Gasteiger partial charge < -0.3 is 25.4 Å². The Morgan fingerprint density at radius 1 is 1.10 bits per heavy atom. The third-order valence-corrected chi connectivity index (χ3v) is 8.03. The molecule has 0 unspecified atom stereocenters. The average Bonchev–Trinajstić information content (AvgIpc) is 3.42. The van der Waals surface area contributed by atoms with Crippen molar-refractivity contribution in [3.8, 4) is 0 Å². The molecule has 0 amide bonds. The smallest absolute Gasteiger partial charge is 0.165 e. The van der Waals surface area contributed by atoms with E-state index in [0.717, 1.165) is 24.9 Å². The molecule has 2 aromatic heterocycles. The van der Waals surface area contributed by atoms with Crippen molar-refractivity contribution in [2.24, 2.45) is 0 Å². The van der Waals surface area contributed by atoms with Crippen LogP contribution in [0.25, 0.3) is 11.2 Å². The fraction of sp³-hybridized carbons (Fsp3) is 0.567. The van der Waals surface area contributed by atoms with Crippen LogP contribution in [0, 0.1) is 0 Å². The molecule has 2 aliphatic heterocycles. The van der Waals surface area contributed by atoms with Gasteiger partial charge in [0, 0.05) is 25.6 Å². The van der Waals surface area contributed by atoms with Crippen LogP contribution < -0.4 is 5.73 Å². The van der Waals surface area contributed by atoms with Gasteiger partial charge in [-0.1, -0.05) is 45.0 Å². The van der Waals surface area contributed by atoms with E-state index in [4.69, 9.17) is 15.2 Å². The van der Waals surface area contributed by atoms with Crippen molar-refractivity contribution in [1.29, 1.82) is 0 Å². The van der Waals surface area contributed by atoms with Crippen LogP contribution in [0.2, 0.25) is 0 Å². The first-order chi connectivity index (χ1) is 19.1. The molecule has 0 aliphatic carbocycles. The molecule has 40 heavy (non-hydrogen) atoms. The van der Waals surface area contributed by atoms with Crippen molar-refractivity contribution in [2.75, 3.05) is 32.0 Å². The zero-order chi connectivity index (χ0) is 28.4. The molecule has 4 atom stereocenters. The molecule has 1 aromatic carbocycles. The summed E-state index contributed by atoms with van der Waals surface area (Å²) in [7, 11) is 0. The first-order valence-corrected chi connectivity index (χ1v) is 14.1. The highest BCUT2D eigenvalue weighted by Crippen LogP contribution is 2.33. The van der Waals surface area contributed by atoms with Gasteiger partial charge in [-0.2, -0.15) is 0 Å². The Labute approximate surface area is 235 Å². The number of ether oxygens (including phenoxy) is 2. The number of fused-ring (bicyclic) bond motifs is 1. The second-order valence-corrected chi connectivity index (χ2v) is 12.1. The highest BCUT2D eigenvalue weighted by Gasteiger charge is 2.45. The Bertz CT molecular complexity index is 1300. The lowest BCUT2D eigenvalue weighted by Gasteiger charge is -2.38. The number of aromatic nitrogens is 3. The molecule has 3 aromatic rings. The van der Waals surface area contributed by atoms with Gasteiger partial charge in [0.1, 0.15) is 29.6 Å². The van der Waals surface area contributed by atoms with Crippen LogP contribution in [0.15, 0.2) is 42.9 Å². The van der Waals surface area contributed by atoms with Crippen molar-refractivity contribution in [2.45, 2.75) is 82.5 Å². The van der Waals surface area contributed by atoms with Gasteiger partial charge in [-0.15, -0.1) is 0 Å². The minimum absolute atomic E-state index is 0.0953. The molecule has 2 aliphatic rings. The Morgan fingerprint density at radius 3 is 2.52 bits per heavy atom. The standard InChI is InChI=1S/C30H41N5O5/c1-30(2,3)20-9-7-19(8-10-20)14-22(36)6-4-5-13-34(21-16-39-17-21)15-24-26(37)27(38)29(40-24)35-18-33-25-23(31)11-12-32-28(25)35/h7-12,18,21,24,26-27,29,37-38H,4-6,13-17H2,1-3H3,(H2,31,32)/t24-,26-,27-,29-/m1/s1. The molecule has 2 saturated heterocycles. The van der Waals surface area contributed by atoms with Gasteiger partial charge in [0.25, 0.3) is 0 Å². The highest BCUT2D eigenvalue weighted by atomic mass is 16.6. The summed E-state index contributed by atoms with van der Waals surface area (Å²) >= 11 is 0. The number of aliphatic hydroxyl groups is 2. The molecule has 4 N–H and O–H groups in total. The van der Waals surface area contributed by atoms with Crippen LogP contribution in [0.4, 0.5) is 5.69 Å². The molecule has 4 heterocycles. The molecule has 216 valence electrons. The molecule has 2 fully saturated rings. The number of Topliss-reactive ketones (excluding diaryl/α,β-unsaturated/α-hetero) is 1. The number of hydrogen-bond donors (Lipinski definition) is 3. The quantitative estimate of drug-likeness (QED) is 0.307. The Balaban J connectivity index is 1.13. The van der Waals surface area contributed by atoms with E-state index in [1.807, 2.05) is 0 Å². The van der Waals surface area contributed by atoms with Crippen molar-refractivity contribution in [3.63, 3.8) is 0 Å². The number of nitrogens with zero attached hydrogens (tertiary/aromatic N) is 4. The first-order valence-electron chi connectivity index (χ1n) is 14.1. The van der Waals surface area contributed by atoms with E-state index >= 15 is 0 Å². The normalized spacial score (nSPS) is 23.6. The van der Waals surface area contributed by atoms with Crippen LogP contribution in [0.3, 0.4) is 0 Å². The van der Waals surface area contributed by atoms with Crippen LogP contribution in [0.5, 0.6) is 0 Å². The predicted octanol–water partition coefficient (Wildman–Crippen LogP) is 2.61. The maximum Gasteiger partial charge on any atom is 0.165 e. The number of anilines is 1. The third kappa shape index (κ3) is 6.21. The molecule has 10 heteroatoms. The number of ketones is 1. The van der Waals surface area contributed by atoms with E-state index in [1.165, 1.54) is 11.9 Å². The van der Waals surface area contributed by atoms with Gasteiger partial charge >= 0.3 is 0 Å². The van der Waals surface area contributed by atoms with Gasteiger partial charge in [0.2, 0.25) is 0 Å². The molecular weight excluding hydrogens is 510 g/mol. The molecule has 0 spiro atoms. The average molecular weight is 552 g/mol. The number of unbranched alkanes of at least 4 members (excludes halogenated alkanes) is 1. The number of imidazole rings is 1. The second kappa shape index (κ2) is 11.9. The number of hydrogen-bond acceptors (Lipinski definition) is 9. The number of nitrogen functional groups attached to an aromatic ring is 1. The lowest BCUT2D eigenvalue weighted by molar-refractivity contribution is -0.118. The molecular formula is C30H41N5O5. The van der Waals surface area contributed by atoms with Crippen LogP contribution >= 0.6 is 0 Å². The number of pyridine rings is 1. The lowest BCUT2D eigenvalue weighted by atomic mass is 9.86. The third-order valence-electron chi connectivity index (χ3n) is 8.03. The summed E-state index contributed by atoms with van der Waals surface area (Å²) in [4.78, 5) is 23.5. The minimum Gasteiger partial charge on any atom is -0.397 e. The van der Waals surface area contributed by atoms with Gasteiger partial charge in [-0.25, -0.2) is 9.97 Å². The van der Waals surface area contributed by atoms with Gasteiger partial charge in [-0.05, 0) is 42.0 Å². The number of benzene rings is 1. The summed E-state index contributed by atoms with van der Waals surface area (Å²) in [5.41, 5.74) is 9.93. The highest BCUT2D eigenvalue weighted by molar-refractivity contribution is 5.83. The molecule has 5 rings (SSSR count). The monoisotopic (exact) mass is 551 g/mol. The molecule has 10 nitrogen and oxygen atoms in total. The van der Waals surface area contributed by atoms with Crippen molar-refractivity contribution >= 4 is 22.6 Å². The van der Waals surface area contributed by atoms with Crippen molar-refractivity contribution in [3.05, 3.63) is 54.0 Å². The van der Waals surface area contributed by atoms with E-state index in [-0.39, 0.29) is 17.2 Å². The minimum atomic E-state index is -1.14. The Kier molecular flexibility index (Phi) is 8.53. The van der Waals surface area contributed by atoms with Gasteiger partial charge in [-0.3, -0.25) is 14.3 Å². The summed E-state index contributed by atoms with van der Waals surface area (Å²) in [6.07, 6.45) is 2.09. The summed E-state index contributed by atoms with van der Waals surface area (Å²) in [6.45, 7) is 8.98. The number of carbonyl (C=O) groups excluding carboxylic acids is 1. The van der Waals surface area contributed by atoms with E-state index < -0.39 is 24.5 Å². The van der Waals surface area contributed by atoms with E-state index in [0.29, 0.717) is 49.5 Å². The van der Waals surface area contributed by atoms with Crippen molar-refractivity contribution < 1.29 is 24.5 Å². The Morgan fingerprint density at radius 2 is 1.85 bits per heavy atom. The summed E-state index contributed by atoms with van der Waals surface area (Å²) in [5, 5.41) is 21.7. The van der Waals surface area contributed by atoms with Gasteiger partial charge in [0.05, 0.1) is 31.3 Å². The summed E-state index contributed by atoms with van der Waals surface area (Å²) < 4.78 is 13.2. The number of carbonyl (C=O) groups is 1. The fourth-order valence-corrected chi connectivity index (χ4v) is 5.41. The maximum absolute atomic E-state index is 12.6. The zero-order valence-corrected chi connectivity index (χ0v) is 23.6. The van der Waals surface area contributed by atoms with Gasteiger partial charge in [0.15, 0.2) is 11.9 Å². The van der Waals surface area contributed by atoms with E-state index in [9.17, 15) is 15.0 Å². The van der Waals surface area contributed by atoms with Crippen molar-refractivity contribution in [1.82, 2.24) is 19.4 Å². The molecule has 0 saturated carbocycles. The van der Waals surface area contributed by atoms with Crippen LogP contribution in [-0.2, 0) is 26.1 Å². The SMILES string of the molecule is CC(C)(C)c1ccc(CC(=O)CCCCN(C[C@H]2O[C@@H](n3cnc4c(N)ccnc43)[C@H](O)[C@@H]2O)C2COC2)cc1. The second-order valence-electron chi connectivity index (χ2n) is 12.1. The predicted molar refractivity (Wildman–Crippen MR) is 152 cm³/mol. The Hall–Kier alpha value is -2.89. The summed E-state index contributed by atoms with van der Waals surface area (Å²) in [5.74, 6) is 0.240. The fourth-order valence-electron chi connectivity index (χ4n) is 5.41. The molecule has 0 bridgehead atoms. The van der Waals surface area contributed by atoms with E-state index in [2.05, 4.69) is 59.9 Å².